The number of rotatable bonds is 3. The molecule has 3 rings (SSSR count). The zero-order chi connectivity index (χ0) is 13.9. The van der Waals surface area contributed by atoms with Crippen LogP contribution in [-0.4, -0.2) is 17.1 Å². The maximum Gasteiger partial charge on any atom is 0.227 e. The van der Waals surface area contributed by atoms with E-state index in [-0.39, 0.29) is 5.95 Å². The Bertz CT molecular complexity index is 754. The Balaban J connectivity index is 2.03. The number of methoxy groups -OCH3 is 1. The number of hydrogen-bond donors (Lipinski definition) is 1. The summed E-state index contributed by atoms with van der Waals surface area (Å²) in [6.07, 6.45) is 0. The van der Waals surface area contributed by atoms with Crippen LogP contribution >= 0.6 is 0 Å². The highest BCUT2D eigenvalue weighted by Gasteiger charge is 2.07. The van der Waals surface area contributed by atoms with Crippen molar-refractivity contribution < 1.29 is 9.47 Å². The van der Waals surface area contributed by atoms with Crippen LogP contribution in [-0.2, 0) is 0 Å². The number of anilines is 1. The second-order valence-electron chi connectivity index (χ2n) is 4.19. The van der Waals surface area contributed by atoms with E-state index in [0.717, 1.165) is 10.8 Å². The van der Waals surface area contributed by atoms with Gasteiger partial charge in [0.15, 0.2) is 0 Å². The number of aromatic nitrogens is 2. The molecule has 0 saturated carbocycles. The number of hydrogen-bond acceptors (Lipinski definition) is 5. The van der Waals surface area contributed by atoms with Crippen LogP contribution in [0.25, 0.3) is 10.8 Å². The van der Waals surface area contributed by atoms with Gasteiger partial charge in [-0.15, -0.1) is 0 Å². The highest BCUT2D eigenvalue weighted by molar-refractivity contribution is 5.88. The van der Waals surface area contributed by atoms with Crippen LogP contribution in [0.1, 0.15) is 0 Å². The lowest BCUT2D eigenvalue weighted by atomic mass is 10.1. The summed E-state index contributed by atoms with van der Waals surface area (Å²) in [7, 11) is 1.52. The van der Waals surface area contributed by atoms with Crippen molar-refractivity contribution in [1.82, 2.24) is 9.97 Å². The van der Waals surface area contributed by atoms with Crippen LogP contribution in [0.4, 0.5) is 5.95 Å². The summed E-state index contributed by atoms with van der Waals surface area (Å²) in [4.78, 5) is 7.97. The lowest BCUT2D eigenvalue weighted by Gasteiger charge is -2.09. The smallest absolute Gasteiger partial charge is 0.227 e. The summed E-state index contributed by atoms with van der Waals surface area (Å²) >= 11 is 0. The Morgan fingerprint density at radius 3 is 2.55 bits per heavy atom. The van der Waals surface area contributed by atoms with Crippen molar-refractivity contribution in [1.29, 1.82) is 0 Å². The molecule has 0 atom stereocenters. The highest BCUT2D eigenvalue weighted by atomic mass is 16.5. The number of benzene rings is 2. The van der Waals surface area contributed by atoms with Gasteiger partial charge in [0.05, 0.1) is 13.2 Å². The molecular weight excluding hydrogens is 254 g/mol. The maximum absolute atomic E-state index is 5.80. The summed E-state index contributed by atoms with van der Waals surface area (Å²) in [6, 6.07) is 15.4. The molecule has 2 N–H and O–H groups in total. The first-order valence-electron chi connectivity index (χ1n) is 6.10. The number of fused-ring (bicyclic) bond motifs is 1. The molecule has 1 heterocycles. The molecule has 0 amide bonds. The molecule has 0 radical (unpaired) electrons. The predicted molar refractivity (Wildman–Crippen MR) is 77.0 cm³/mol. The van der Waals surface area contributed by atoms with E-state index in [0.29, 0.717) is 17.5 Å². The molecule has 5 nitrogen and oxygen atoms in total. The molecule has 0 aliphatic rings. The average molecular weight is 267 g/mol. The van der Waals surface area contributed by atoms with Gasteiger partial charge in [-0.3, -0.25) is 0 Å². The second-order valence-corrected chi connectivity index (χ2v) is 4.19. The van der Waals surface area contributed by atoms with E-state index in [4.69, 9.17) is 15.2 Å². The van der Waals surface area contributed by atoms with Gasteiger partial charge in [0.25, 0.3) is 0 Å². The summed E-state index contributed by atoms with van der Waals surface area (Å²) in [5.74, 6) is 1.54. The van der Waals surface area contributed by atoms with Gasteiger partial charge in [0.1, 0.15) is 5.75 Å². The monoisotopic (exact) mass is 267 g/mol. The zero-order valence-electron chi connectivity index (χ0n) is 10.9. The molecule has 100 valence electrons. The second kappa shape index (κ2) is 5.05. The molecule has 2 aromatic carbocycles. The Hall–Kier alpha value is -2.82. The van der Waals surface area contributed by atoms with E-state index in [1.807, 2.05) is 42.5 Å². The topological polar surface area (TPSA) is 70.3 Å². The van der Waals surface area contributed by atoms with Gasteiger partial charge in [-0.1, -0.05) is 36.4 Å². The molecule has 0 bridgehead atoms. The molecule has 0 aliphatic heterocycles. The van der Waals surface area contributed by atoms with E-state index < -0.39 is 0 Å². The fraction of sp³-hybridized carbons (Fsp3) is 0.0667. The van der Waals surface area contributed by atoms with E-state index in [1.165, 1.54) is 7.11 Å². The molecule has 0 unspecified atom stereocenters. The van der Waals surface area contributed by atoms with Gasteiger partial charge < -0.3 is 15.2 Å². The van der Waals surface area contributed by atoms with E-state index >= 15 is 0 Å². The number of nitrogen functional groups attached to an aromatic ring is 1. The van der Waals surface area contributed by atoms with Gasteiger partial charge in [-0.05, 0) is 11.5 Å². The molecule has 0 aliphatic carbocycles. The maximum atomic E-state index is 5.80. The van der Waals surface area contributed by atoms with Crippen molar-refractivity contribution >= 4 is 16.7 Å². The normalized spacial score (nSPS) is 10.4. The zero-order valence-corrected chi connectivity index (χ0v) is 10.9. The first-order chi connectivity index (χ1) is 9.76. The summed E-state index contributed by atoms with van der Waals surface area (Å²) < 4.78 is 10.9. The van der Waals surface area contributed by atoms with Crippen molar-refractivity contribution in [3.05, 3.63) is 48.5 Å². The predicted octanol–water partition coefficient (Wildman–Crippen LogP) is 3.01. The van der Waals surface area contributed by atoms with Crippen LogP contribution in [0.15, 0.2) is 48.5 Å². The molecule has 5 heteroatoms. The minimum Gasteiger partial charge on any atom is -0.481 e. The van der Waals surface area contributed by atoms with Crippen LogP contribution < -0.4 is 15.2 Å². The van der Waals surface area contributed by atoms with Crippen molar-refractivity contribution in [2.45, 2.75) is 0 Å². The number of nitrogens with zero attached hydrogens (tertiary/aromatic N) is 2. The molecule has 0 spiro atoms. The first-order valence-corrected chi connectivity index (χ1v) is 6.10. The summed E-state index contributed by atoms with van der Waals surface area (Å²) in [6.45, 7) is 0. The Morgan fingerprint density at radius 2 is 1.70 bits per heavy atom. The van der Waals surface area contributed by atoms with Gasteiger partial charge in [-0.25, -0.2) is 0 Å². The average Bonchev–Trinajstić information content (AvgIpc) is 2.47. The quantitative estimate of drug-likeness (QED) is 0.789. The molecular formula is C15H13N3O2. The highest BCUT2D eigenvalue weighted by Crippen LogP contribution is 2.30. The standard InChI is InChI=1S/C15H13N3O2/c1-19-13-9-14(18-15(16)17-13)20-12-8-4-6-10-5-2-3-7-11(10)12/h2-9H,1H3,(H2,16,17,18). The SMILES string of the molecule is COc1cc(Oc2cccc3ccccc23)nc(N)n1. The molecule has 3 aromatic rings. The van der Waals surface area contributed by atoms with Crippen molar-refractivity contribution in [3.63, 3.8) is 0 Å². The van der Waals surface area contributed by atoms with Crippen LogP contribution in [0.5, 0.6) is 17.5 Å². The minimum absolute atomic E-state index is 0.111. The van der Waals surface area contributed by atoms with Crippen LogP contribution in [0, 0.1) is 0 Å². The Labute approximate surface area is 116 Å². The molecule has 20 heavy (non-hydrogen) atoms. The third kappa shape index (κ3) is 2.33. The van der Waals surface area contributed by atoms with E-state index in [2.05, 4.69) is 9.97 Å². The fourth-order valence-corrected chi connectivity index (χ4v) is 1.98. The van der Waals surface area contributed by atoms with E-state index in [1.54, 1.807) is 6.07 Å². The van der Waals surface area contributed by atoms with Crippen molar-refractivity contribution in [3.8, 4) is 17.5 Å². The Morgan fingerprint density at radius 1 is 0.950 bits per heavy atom. The van der Waals surface area contributed by atoms with Gasteiger partial charge in [0, 0.05) is 5.39 Å². The van der Waals surface area contributed by atoms with Crippen LogP contribution in [0.3, 0.4) is 0 Å². The van der Waals surface area contributed by atoms with E-state index in [9.17, 15) is 0 Å². The largest absolute Gasteiger partial charge is 0.481 e. The van der Waals surface area contributed by atoms with Gasteiger partial charge in [-0.2, -0.15) is 9.97 Å². The number of ether oxygens (including phenoxy) is 2. The molecule has 0 saturated heterocycles. The number of nitrogens with two attached hydrogens (primary N) is 1. The molecule has 0 fully saturated rings. The van der Waals surface area contributed by atoms with Crippen molar-refractivity contribution in [2.24, 2.45) is 0 Å². The van der Waals surface area contributed by atoms with Crippen LogP contribution in [0.2, 0.25) is 0 Å². The lowest BCUT2D eigenvalue weighted by molar-refractivity contribution is 0.389. The van der Waals surface area contributed by atoms with Gasteiger partial charge in [0.2, 0.25) is 17.7 Å². The first kappa shape index (κ1) is 12.2. The summed E-state index contributed by atoms with van der Waals surface area (Å²) in [5.41, 5.74) is 5.62. The third-order valence-corrected chi connectivity index (χ3v) is 2.87. The minimum atomic E-state index is 0.111. The lowest BCUT2D eigenvalue weighted by Crippen LogP contribution is -1.99. The molecule has 1 aromatic heterocycles. The van der Waals surface area contributed by atoms with Crippen molar-refractivity contribution in [2.75, 3.05) is 12.8 Å². The Kier molecular flexibility index (Phi) is 3.09. The fourth-order valence-electron chi connectivity index (χ4n) is 1.98. The third-order valence-electron chi connectivity index (χ3n) is 2.87. The van der Waals surface area contributed by atoms with Gasteiger partial charge >= 0.3 is 0 Å². The summed E-state index contributed by atoms with van der Waals surface area (Å²) in [5, 5.41) is 2.10.